The van der Waals surface area contributed by atoms with E-state index < -0.39 is 0 Å². The molecule has 5 heteroatoms. The largest absolute Gasteiger partial charge is 0.356 e. The lowest BCUT2D eigenvalue weighted by atomic mass is 10.2. The summed E-state index contributed by atoms with van der Waals surface area (Å²) in [6, 6.07) is 8.24. The van der Waals surface area contributed by atoms with E-state index in [4.69, 9.17) is 10.7 Å². The first kappa shape index (κ1) is 14.1. The summed E-state index contributed by atoms with van der Waals surface area (Å²) in [5.74, 6) is 1.74. The van der Waals surface area contributed by atoms with Gasteiger partial charge in [0, 0.05) is 31.6 Å². The Morgan fingerprint density at radius 2 is 1.81 bits per heavy atom. The lowest BCUT2D eigenvalue weighted by Gasteiger charge is -2.23. The van der Waals surface area contributed by atoms with Gasteiger partial charge >= 0.3 is 0 Å². The van der Waals surface area contributed by atoms with E-state index in [1.807, 2.05) is 12.1 Å². The van der Waals surface area contributed by atoms with Gasteiger partial charge in [-0.1, -0.05) is 25.0 Å². The van der Waals surface area contributed by atoms with E-state index in [0.29, 0.717) is 19.0 Å². The number of para-hydroxylation sites is 1. The molecule has 0 amide bonds. The van der Waals surface area contributed by atoms with E-state index in [9.17, 15) is 0 Å². The van der Waals surface area contributed by atoms with Gasteiger partial charge in [-0.2, -0.15) is 4.98 Å². The third kappa shape index (κ3) is 3.24. The van der Waals surface area contributed by atoms with Gasteiger partial charge in [0.25, 0.3) is 0 Å². The van der Waals surface area contributed by atoms with Gasteiger partial charge in [-0.3, -0.25) is 0 Å². The second-order valence-corrected chi connectivity index (χ2v) is 5.50. The van der Waals surface area contributed by atoms with Crippen LogP contribution < -0.4 is 16.0 Å². The third-order valence-electron chi connectivity index (χ3n) is 3.92. The molecule has 0 bridgehead atoms. The molecule has 1 aromatic carbocycles. The second kappa shape index (κ2) is 6.72. The molecule has 1 saturated heterocycles. The molecule has 0 spiro atoms. The number of rotatable bonds is 4. The molecule has 0 radical (unpaired) electrons. The maximum atomic E-state index is 5.56. The normalized spacial score (nSPS) is 16.0. The standard InChI is InChI=1S/C16H23N5/c17-9-10-18-16-19-14-8-4-3-7-13(14)15(20-16)21-11-5-1-2-6-12-21/h3-4,7-8H,1-2,5-6,9-12,17H2,(H,18,19,20). The molecule has 1 aromatic heterocycles. The molecule has 1 aliphatic rings. The number of fused-ring (bicyclic) bond motifs is 1. The van der Waals surface area contributed by atoms with E-state index in [-0.39, 0.29) is 0 Å². The minimum absolute atomic E-state index is 0.579. The van der Waals surface area contributed by atoms with Gasteiger partial charge < -0.3 is 16.0 Å². The Kier molecular flexibility index (Phi) is 4.50. The van der Waals surface area contributed by atoms with Crippen molar-refractivity contribution in [2.75, 3.05) is 36.4 Å². The van der Waals surface area contributed by atoms with Crippen molar-refractivity contribution in [3.63, 3.8) is 0 Å². The van der Waals surface area contributed by atoms with Crippen LogP contribution in [0.1, 0.15) is 25.7 Å². The first-order chi connectivity index (χ1) is 10.4. The Morgan fingerprint density at radius 3 is 2.57 bits per heavy atom. The molecule has 21 heavy (non-hydrogen) atoms. The van der Waals surface area contributed by atoms with Crippen molar-refractivity contribution in [3.05, 3.63) is 24.3 Å². The monoisotopic (exact) mass is 285 g/mol. The van der Waals surface area contributed by atoms with Crippen molar-refractivity contribution >= 4 is 22.7 Å². The van der Waals surface area contributed by atoms with E-state index in [0.717, 1.165) is 29.8 Å². The number of benzene rings is 1. The number of aromatic nitrogens is 2. The van der Waals surface area contributed by atoms with E-state index in [1.165, 1.54) is 25.7 Å². The highest BCUT2D eigenvalue weighted by molar-refractivity contribution is 5.90. The molecule has 2 heterocycles. The molecule has 3 rings (SSSR count). The average Bonchev–Trinajstić information content (AvgIpc) is 2.81. The molecule has 112 valence electrons. The molecule has 0 atom stereocenters. The Balaban J connectivity index is 2.00. The first-order valence-electron chi connectivity index (χ1n) is 7.84. The van der Waals surface area contributed by atoms with Gasteiger partial charge in [0.2, 0.25) is 5.95 Å². The lowest BCUT2D eigenvalue weighted by Crippen LogP contribution is -2.26. The van der Waals surface area contributed by atoms with Gasteiger partial charge in [0.1, 0.15) is 5.82 Å². The van der Waals surface area contributed by atoms with Gasteiger partial charge in [-0.25, -0.2) is 4.98 Å². The molecule has 5 nitrogen and oxygen atoms in total. The maximum absolute atomic E-state index is 5.56. The summed E-state index contributed by atoms with van der Waals surface area (Å²) in [7, 11) is 0. The van der Waals surface area contributed by atoms with Gasteiger partial charge in [0.15, 0.2) is 0 Å². The number of nitrogens with two attached hydrogens (primary N) is 1. The van der Waals surface area contributed by atoms with Crippen LogP contribution in [0.3, 0.4) is 0 Å². The van der Waals surface area contributed by atoms with E-state index in [2.05, 4.69) is 27.3 Å². The summed E-state index contributed by atoms with van der Waals surface area (Å²) in [5.41, 5.74) is 6.55. The quantitative estimate of drug-likeness (QED) is 0.903. The SMILES string of the molecule is NCCNc1nc(N2CCCCCC2)c2ccccc2n1. The van der Waals surface area contributed by atoms with Crippen molar-refractivity contribution < 1.29 is 0 Å². The molecule has 1 aliphatic heterocycles. The Hall–Kier alpha value is -1.88. The highest BCUT2D eigenvalue weighted by Gasteiger charge is 2.15. The summed E-state index contributed by atoms with van der Waals surface area (Å²) >= 11 is 0. The Bertz CT molecular complexity index is 590. The minimum atomic E-state index is 0.579. The highest BCUT2D eigenvalue weighted by Crippen LogP contribution is 2.27. The average molecular weight is 285 g/mol. The predicted molar refractivity (Wildman–Crippen MR) is 87.8 cm³/mol. The topological polar surface area (TPSA) is 67.1 Å². The highest BCUT2D eigenvalue weighted by atomic mass is 15.2. The van der Waals surface area contributed by atoms with Crippen LogP contribution in [-0.2, 0) is 0 Å². The fraction of sp³-hybridized carbons (Fsp3) is 0.500. The molecule has 3 N–H and O–H groups in total. The summed E-state index contributed by atoms with van der Waals surface area (Å²) in [6.07, 6.45) is 5.11. The zero-order chi connectivity index (χ0) is 14.5. The van der Waals surface area contributed by atoms with Crippen molar-refractivity contribution in [1.82, 2.24) is 9.97 Å². The smallest absolute Gasteiger partial charge is 0.225 e. The number of hydrogen-bond acceptors (Lipinski definition) is 5. The minimum Gasteiger partial charge on any atom is -0.356 e. The zero-order valence-corrected chi connectivity index (χ0v) is 12.4. The fourth-order valence-corrected chi connectivity index (χ4v) is 2.85. The van der Waals surface area contributed by atoms with Crippen LogP contribution in [0.2, 0.25) is 0 Å². The van der Waals surface area contributed by atoms with Crippen LogP contribution in [0.15, 0.2) is 24.3 Å². The predicted octanol–water partition coefficient (Wildman–Crippen LogP) is 2.38. The van der Waals surface area contributed by atoms with Gasteiger partial charge in [-0.15, -0.1) is 0 Å². The number of hydrogen-bond donors (Lipinski definition) is 2. The second-order valence-electron chi connectivity index (χ2n) is 5.50. The fourth-order valence-electron chi connectivity index (χ4n) is 2.85. The van der Waals surface area contributed by atoms with Crippen LogP contribution in [-0.4, -0.2) is 36.1 Å². The van der Waals surface area contributed by atoms with Gasteiger partial charge in [-0.05, 0) is 25.0 Å². The number of nitrogens with one attached hydrogen (secondary N) is 1. The number of anilines is 2. The molecule has 1 fully saturated rings. The summed E-state index contributed by atoms with van der Waals surface area (Å²) in [6.45, 7) is 3.43. The van der Waals surface area contributed by atoms with Crippen LogP contribution in [0, 0.1) is 0 Å². The van der Waals surface area contributed by atoms with Crippen LogP contribution >= 0.6 is 0 Å². The summed E-state index contributed by atoms with van der Waals surface area (Å²) in [5, 5.41) is 4.34. The van der Waals surface area contributed by atoms with Crippen LogP contribution in [0.5, 0.6) is 0 Å². The molecule has 2 aromatic rings. The third-order valence-corrected chi connectivity index (χ3v) is 3.92. The summed E-state index contributed by atoms with van der Waals surface area (Å²) < 4.78 is 0. The molecule has 0 unspecified atom stereocenters. The first-order valence-corrected chi connectivity index (χ1v) is 7.84. The van der Waals surface area contributed by atoms with Crippen LogP contribution in [0.25, 0.3) is 10.9 Å². The van der Waals surface area contributed by atoms with Gasteiger partial charge in [0.05, 0.1) is 5.52 Å². The molecule has 0 saturated carbocycles. The molecular formula is C16H23N5. The van der Waals surface area contributed by atoms with Crippen molar-refractivity contribution in [1.29, 1.82) is 0 Å². The van der Waals surface area contributed by atoms with Crippen molar-refractivity contribution in [2.45, 2.75) is 25.7 Å². The lowest BCUT2D eigenvalue weighted by molar-refractivity contribution is 0.726. The zero-order valence-electron chi connectivity index (χ0n) is 12.4. The summed E-state index contributed by atoms with van der Waals surface area (Å²) in [4.78, 5) is 11.7. The van der Waals surface area contributed by atoms with Crippen molar-refractivity contribution in [3.8, 4) is 0 Å². The molecular weight excluding hydrogens is 262 g/mol. The van der Waals surface area contributed by atoms with E-state index >= 15 is 0 Å². The van der Waals surface area contributed by atoms with Crippen LogP contribution in [0.4, 0.5) is 11.8 Å². The van der Waals surface area contributed by atoms with E-state index in [1.54, 1.807) is 0 Å². The molecule has 0 aliphatic carbocycles. The van der Waals surface area contributed by atoms with Crippen molar-refractivity contribution in [2.24, 2.45) is 5.73 Å². The Morgan fingerprint density at radius 1 is 1.05 bits per heavy atom. The Labute approximate surface area is 125 Å². The maximum Gasteiger partial charge on any atom is 0.225 e. The number of nitrogens with zero attached hydrogens (tertiary/aromatic N) is 3.